The van der Waals surface area contributed by atoms with Gasteiger partial charge in [-0.3, -0.25) is 15.0 Å². The van der Waals surface area contributed by atoms with Crippen molar-refractivity contribution in [2.24, 2.45) is 5.92 Å². The highest BCUT2D eigenvalue weighted by atomic mass is 16.6. The van der Waals surface area contributed by atoms with Crippen LogP contribution in [0.5, 0.6) is 5.75 Å². The zero-order valence-electron chi connectivity index (χ0n) is 12.0. The van der Waals surface area contributed by atoms with Gasteiger partial charge in [0.1, 0.15) is 0 Å². The lowest BCUT2D eigenvalue weighted by Gasteiger charge is -2.35. The van der Waals surface area contributed by atoms with Crippen molar-refractivity contribution < 1.29 is 10.0 Å². The standard InChI is InChI=1S/C15H21N3O3/c19-15-4-3-12(10-14(15)18(20)21)13(9-11-1-2-11)17-7-5-16-6-8-17/h3-4,10-11,13,16,19H,1-2,5-9H2/t13-/m1/s1. The number of benzene rings is 1. The Morgan fingerprint density at radius 1 is 1.38 bits per heavy atom. The van der Waals surface area contributed by atoms with Gasteiger partial charge >= 0.3 is 5.69 Å². The Morgan fingerprint density at radius 3 is 2.71 bits per heavy atom. The Balaban J connectivity index is 1.87. The Hall–Kier alpha value is -1.66. The second-order valence-electron chi connectivity index (χ2n) is 5.99. The van der Waals surface area contributed by atoms with Crippen LogP contribution in [-0.4, -0.2) is 41.1 Å². The summed E-state index contributed by atoms with van der Waals surface area (Å²) < 4.78 is 0. The van der Waals surface area contributed by atoms with E-state index in [4.69, 9.17) is 0 Å². The first kappa shape index (κ1) is 14.3. The first-order valence-corrected chi connectivity index (χ1v) is 7.57. The van der Waals surface area contributed by atoms with E-state index >= 15 is 0 Å². The maximum absolute atomic E-state index is 11.0. The van der Waals surface area contributed by atoms with Gasteiger partial charge in [-0.05, 0) is 24.0 Å². The zero-order chi connectivity index (χ0) is 14.8. The summed E-state index contributed by atoms with van der Waals surface area (Å²) in [6.07, 6.45) is 3.59. The third kappa shape index (κ3) is 3.33. The third-order valence-electron chi connectivity index (χ3n) is 4.43. The Kier molecular flexibility index (Phi) is 4.07. The van der Waals surface area contributed by atoms with Gasteiger partial charge in [-0.1, -0.05) is 18.9 Å². The molecule has 21 heavy (non-hydrogen) atoms. The van der Waals surface area contributed by atoms with E-state index < -0.39 is 4.92 Å². The molecule has 0 spiro atoms. The molecule has 1 aliphatic carbocycles. The molecule has 2 fully saturated rings. The number of hydrogen-bond donors (Lipinski definition) is 2. The molecule has 1 aromatic carbocycles. The number of phenols is 1. The Bertz CT molecular complexity index is 525. The molecule has 1 atom stereocenters. The molecule has 2 N–H and O–H groups in total. The fraction of sp³-hybridized carbons (Fsp3) is 0.600. The molecule has 0 unspecified atom stereocenters. The largest absolute Gasteiger partial charge is 0.502 e. The number of nitrogens with one attached hydrogen (secondary N) is 1. The van der Waals surface area contributed by atoms with Crippen molar-refractivity contribution in [3.8, 4) is 5.75 Å². The number of hydrogen-bond acceptors (Lipinski definition) is 5. The summed E-state index contributed by atoms with van der Waals surface area (Å²) in [5.74, 6) is 0.493. The molecule has 0 bridgehead atoms. The van der Waals surface area contributed by atoms with Crippen LogP contribution >= 0.6 is 0 Å². The smallest absolute Gasteiger partial charge is 0.311 e. The number of nitrogens with zero attached hydrogens (tertiary/aromatic N) is 2. The molecule has 114 valence electrons. The summed E-state index contributed by atoms with van der Waals surface area (Å²) in [6.45, 7) is 3.85. The van der Waals surface area contributed by atoms with E-state index in [2.05, 4.69) is 10.2 Å². The molecule has 1 aromatic rings. The van der Waals surface area contributed by atoms with Crippen LogP contribution in [0.2, 0.25) is 0 Å². The third-order valence-corrected chi connectivity index (χ3v) is 4.43. The number of nitro benzene ring substituents is 1. The van der Waals surface area contributed by atoms with Crippen molar-refractivity contribution in [1.29, 1.82) is 0 Å². The minimum absolute atomic E-state index is 0.191. The van der Waals surface area contributed by atoms with Crippen molar-refractivity contribution in [2.75, 3.05) is 26.2 Å². The van der Waals surface area contributed by atoms with E-state index in [1.165, 1.54) is 18.9 Å². The predicted octanol–water partition coefficient (Wildman–Crippen LogP) is 2.05. The summed E-state index contributed by atoms with van der Waals surface area (Å²) in [5, 5.41) is 24.0. The average molecular weight is 291 g/mol. The van der Waals surface area contributed by atoms with Crippen LogP contribution in [0.3, 0.4) is 0 Å². The number of rotatable bonds is 5. The molecule has 6 nitrogen and oxygen atoms in total. The van der Waals surface area contributed by atoms with Crippen molar-refractivity contribution in [2.45, 2.75) is 25.3 Å². The summed E-state index contributed by atoms with van der Waals surface area (Å²) in [6, 6.07) is 5.05. The quantitative estimate of drug-likeness (QED) is 0.641. The second kappa shape index (κ2) is 5.99. The molecule has 1 aliphatic heterocycles. The molecule has 3 rings (SSSR count). The summed E-state index contributed by atoms with van der Waals surface area (Å²) >= 11 is 0. The maximum atomic E-state index is 11.0. The van der Waals surface area contributed by atoms with E-state index in [9.17, 15) is 15.2 Å². The minimum Gasteiger partial charge on any atom is -0.502 e. The molecule has 1 saturated carbocycles. The van der Waals surface area contributed by atoms with E-state index in [-0.39, 0.29) is 17.5 Å². The maximum Gasteiger partial charge on any atom is 0.311 e. The molecular weight excluding hydrogens is 270 g/mol. The van der Waals surface area contributed by atoms with E-state index in [1.807, 2.05) is 6.07 Å². The average Bonchev–Trinajstić information content (AvgIpc) is 3.30. The van der Waals surface area contributed by atoms with Crippen LogP contribution in [0.25, 0.3) is 0 Å². The fourth-order valence-corrected chi connectivity index (χ4v) is 3.05. The van der Waals surface area contributed by atoms with E-state index in [0.29, 0.717) is 0 Å². The highest BCUT2D eigenvalue weighted by Crippen LogP contribution is 2.41. The SMILES string of the molecule is O=[N+]([O-])c1cc([C@@H](CC2CC2)N2CCNCC2)ccc1O. The highest BCUT2D eigenvalue weighted by Gasteiger charge is 2.31. The molecule has 1 saturated heterocycles. The molecule has 0 amide bonds. The normalized spacial score (nSPS) is 21.1. The summed E-state index contributed by atoms with van der Waals surface area (Å²) in [4.78, 5) is 12.9. The Morgan fingerprint density at radius 2 is 2.10 bits per heavy atom. The Labute approximate surface area is 123 Å². The zero-order valence-corrected chi connectivity index (χ0v) is 12.0. The minimum atomic E-state index is -0.509. The number of piperazine rings is 1. The second-order valence-corrected chi connectivity index (χ2v) is 5.99. The van der Waals surface area contributed by atoms with E-state index in [0.717, 1.165) is 44.1 Å². The van der Waals surface area contributed by atoms with Gasteiger partial charge in [0.25, 0.3) is 0 Å². The van der Waals surface area contributed by atoms with Gasteiger partial charge in [0, 0.05) is 38.3 Å². The van der Waals surface area contributed by atoms with Crippen LogP contribution in [0.1, 0.15) is 30.9 Å². The predicted molar refractivity (Wildman–Crippen MR) is 79.3 cm³/mol. The van der Waals surface area contributed by atoms with Crippen molar-refractivity contribution in [1.82, 2.24) is 10.2 Å². The fourth-order valence-electron chi connectivity index (χ4n) is 3.05. The molecule has 6 heteroatoms. The molecular formula is C15H21N3O3. The number of aromatic hydroxyl groups is 1. The van der Waals surface area contributed by atoms with Gasteiger partial charge in [-0.15, -0.1) is 0 Å². The van der Waals surface area contributed by atoms with Crippen molar-refractivity contribution in [3.63, 3.8) is 0 Å². The first-order valence-electron chi connectivity index (χ1n) is 7.57. The highest BCUT2D eigenvalue weighted by molar-refractivity contribution is 5.48. The van der Waals surface area contributed by atoms with Gasteiger partial charge in [-0.2, -0.15) is 0 Å². The van der Waals surface area contributed by atoms with Crippen molar-refractivity contribution >= 4 is 5.69 Å². The topological polar surface area (TPSA) is 78.6 Å². The van der Waals surface area contributed by atoms with E-state index in [1.54, 1.807) is 6.07 Å². The van der Waals surface area contributed by atoms with Gasteiger partial charge in [0.15, 0.2) is 5.75 Å². The van der Waals surface area contributed by atoms with Gasteiger partial charge in [0.05, 0.1) is 4.92 Å². The lowest BCUT2D eigenvalue weighted by Crippen LogP contribution is -2.45. The monoisotopic (exact) mass is 291 g/mol. The first-order chi connectivity index (χ1) is 10.1. The van der Waals surface area contributed by atoms with Crippen LogP contribution in [-0.2, 0) is 0 Å². The lowest BCUT2D eigenvalue weighted by atomic mass is 9.98. The van der Waals surface area contributed by atoms with Crippen LogP contribution in [0, 0.1) is 16.0 Å². The molecule has 1 heterocycles. The summed E-state index contributed by atoms with van der Waals surface area (Å²) in [5.41, 5.74) is 0.761. The lowest BCUT2D eigenvalue weighted by molar-refractivity contribution is -0.386. The van der Waals surface area contributed by atoms with Crippen LogP contribution in [0.15, 0.2) is 18.2 Å². The van der Waals surface area contributed by atoms with Crippen LogP contribution < -0.4 is 5.32 Å². The van der Waals surface area contributed by atoms with Gasteiger partial charge in [-0.25, -0.2) is 0 Å². The van der Waals surface area contributed by atoms with Crippen LogP contribution in [0.4, 0.5) is 5.69 Å². The molecule has 2 aliphatic rings. The molecule has 0 aromatic heterocycles. The molecule has 0 radical (unpaired) electrons. The van der Waals surface area contributed by atoms with Crippen molar-refractivity contribution in [3.05, 3.63) is 33.9 Å². The summed E-state index contributed by atoms with van der Waals surface area (Å²) in [7, 11) is 0. The van der Waals surface area contributed by atoms with Gasteiger partial charge in [0.2, 0.25) is 0 Å². The number of nitro groups is 1. The van der Waals surface area contributed by atoms with Gasteiger partial charge < -0.3 is 10.4 Å². The number of phenolic OH excluding ortho intramolecular Hbond substituents is 1.